The van der Waals surface area contributed by atoms with E-state index in [1.807, 2.05) is 0 Å². The van der Waals surface area contributed by atoms with Gasteiger partial charge in [0.2, 0.25) is 11.8 Å². The molecular formula is C17H18FN3O3. The van der Waals surface area contributed by atoms with Crippen LogP contribution in [0.5, 0.6) is 0 Å². The van der Waals surface area contributed by atoms with Gasteiger partial charge in [-0.15, -0.1) is 0 Å². The van der Waals surface area contributed by atoms with Gasteiger partial charge < -0.3 is 15.1 Å². The summed E-state index contributed by atoms with van der Waals surface area (Å²) in [5.74, 6) is 0.0210. The molecule has 2 aromatic rings. The van der Waals surface area contributed by atoms with Crippen LogP contribution >= 0.6 is 0 Å². The standard InChI is InChI=1S/C17H18FN3O3/c18-13-3-1-11(2-4-13)14-9-20-15(24-14)5-6-16(22)21-8-7-12(10-21)17(19)23/h1-4,9,12H,5-8,10H2,(H2,19,23). The molecule has 1 aliphatic rings. The Balaban J connectivity index is 1.55. The normalized spacial score (nSPS) is 17.2. The van der Waals surface area contributed by atoms with Crippen molar-refractivity contribution in [1.82, 2.24) is 9.88 Å². The Labute approximate surface area is 138 Å². The molecule has 3 rings (SSSR count). The highest BCUT2D eigenvalue weighted by Gasteiger charge is 2.29. The lowest BCUT2D eigenvalue weighted by Crippen LogP contribution is -2.31. The number of oxazole rings is 1. The molecule has 126 valence electrons. The summed E-state index contributed by atoms with van der Waals surface area (Å²) in [5, 5.41) is 0. The molecule has 0 radical (unpaired) electrons. The van der Waals surface area contributed by atoms with E-state index >= 15 is 0 Å². The van der Waals surface area contributed by atoms with Gasteiger partial charge in [0.15, 0.2) is 11.7 Å². The molecule has 24 heavy (non-hydrogen) atoms. The summed E-state index contributed by atoms with van der Waals surface area (Å²) >= 11 is 0. The fourth-order valence-corrected chi connectivity index (χ4v) is 2.76. The highest BCUT2D eigenvalue weighted by molar-refractivity contribution is 5.81. The molecule has 7 heteroatoms. The number of hydrogen-bond donors (Lipinski definition) is 1. The third-order valence-electron chi connectivity index (χ3n) is 4.18. The molecular weight excluding hydrogens is 313 g/mol. The SMILES string of the molecule is NC(=O)C1CCN(C(=O)CCc2ncc(-c3ccc(F)cc3)o2)C1. The van der Waals surface area contributed by atoms with Crippen molar-refractivity contribution in [3.05, 3.63) is 42.2 Å². The number of likely N-dealkylation sites (tertiary alicyclic amines) is 1. The summed E-state index contributed by atoms with van der Waals surface area (Å²) in [4.78, 5) is 29.1. The van der Waals surface area contributed by atoms with Gasteiger partial charge in [0.05, 0.1) is 12.1 Å². The fourth-order valence-electron chi connectivity index (χ4n) is 2.76. The van der Waals surface area contributed by atoms with Crippen LogP contribution in [0.25, 0.3) is 11.3 Å². The van der Waals surface area contributed by atoms with Gasteiger partial charge in [-0.1, -0.05) is 0 Å². The largest absolute Gasteiger partial charge is 0.441 e. The van der Waals surface area contributed by atoms with Crippen LogP contribution in [0.15, 0.2) is 34.9 Å². The number of nitrogens with zero attached hydrogens (tertiary/aromatic N) is 2. The van der Waals surface area contributed by atoms with Gasteiger partial charge in [0.1, 0.15) is 5.82 Å². The summed E-state index contributed by atoms with van der Waals surface area (Å²) in [6, 6.07) is 5.92. The van der Waals surface area contributed by atoms with E-state index in [4.69, 9.17) is 10.2 Å². The van der Waals surface area contributed by atoms with E-state index in [1.54, 1.807) is 23.2 Å². The molecule has 1 aliphatic heterocycles. The molecule has 2 N–H and O–H groups in total. The highest BCUT2D eigenvalue weighted by Crippen LogP contribution is 2.22. The number of aromatic nitrogens is 1. The van der Waals surface area contributed by atoms with Crippen LogP contribution in [0.2, 0.25) is 0 Å². The van der Waals surface area contributed by atoms with Crippen LogP contribution in [-0.2, 0) is 16.0 Å². The van der Waals surface area contributed by atoms with Crippen molar-refractivity contribution in [2.24, 2.45) is 11.7 Å². The molecule has 1 saturated heterocycles. The average Bonchev–Trinajstić information content (AvgIpc) is 3.23. The molecule has 1 aromatic carbocycles. The second-order valence-corrected chi connectivity index (χ2v) is 5.85. The molecule has 1 fully saturated rings. The van der Waals surface area contributed by atoms with Crippen molar-refractivity contribution in [3.63, 3.8) is 0 Å². The fraction of sp³-hybridized carbons (Fsp3) is 0.353. The minimum absolute atomic E-state index is 0.0414. The van der Waals surface area contributed by atoms with Crippen molar-refractivity contribution in [2.45, 2.75) is 19.3 Å². The maximum atomic E-state index is 12.9. The van der Waals surface area contributed by atoms with E-state index in [0.29, 0.717) is 37.6 Å². The molecule has 2 amide bonds. The van der Waals surface area contributed by atoms with Crippen molar-refractivity contribution in [2.75, 3.05) is 13.1 Å². The van der Waals surface area contributed by atoms with E-state index in [1.165, 1.54) is 12.1 Å². The van der Waals surface area contributed by atoms with E-state index < -0.39 is 0 Å². The Hall–Kier alpha value is -2.70. The van der Waals surface area contributed by atoms with Crippen LogP contribution in [0, 0.1) is 11.7 Å². The number of halogens is 1. The van der Waals surface area contributed by atoms with Gasteiger partial charge in [-0.3, -0.25) is 9.59 Å². The highest BCUT2D eigenvalue weighted by atomic mass is 19.1. The Morgan fingerprint density at radius 1 is 1.33 bits per heavy atom. The van der Waals surface area contributed by atoms with E-state index in [2.05, 4.69) is 4.98 Å². The second-order valence-electron chi connectivity index (χ2n) is 5.85. The lowest BCUT2D eigenvalue weighted by molar-refractivity contribution is -0.130. The molecule has 0 bridgehead atoms. The van der Waals surface area contributed by atoms with Gasteiger partial charge in [0.25, 0.3) is 0 Å². The Kier molecular flexibility index (Phi) is 4.59. The third-order valence-corrected chi connectivity index (χ3v) is 4.18. The van der Waals surface area contributed by atoms with E-state index in [-0.39, 0.29) is 30.0 Å². The summed E-state index contributed by atoms with van der Waals surface area (Å²) < 4.78 is 18.5. The predicted molar refractivity (Wildman–Crippen MR) is 84.1 cm³/mol. The number of aryl methyl sites for hydroxylation is 1. The number of nitrogens with two attached hydrogens (primary N) is 1. The number of benzene rings is 1. The molecule has 1 unspecified atom stereocenters. The summed E-state index contributed by atoms with van der Waals surface area (Å²) in [5.41, 5.74) is 5.99. The Morgan fingerprint density at radius 2 is 2.08 bits per heavy atom. The number of carbonyl (C=O) groups is 2. The Morgan fingerprint density at radius 3 is 2.75 bits per heavy atom. The van der Waals surface area contributed by atoms with Crippen molar-refractivity contribution in [3.8, 4) is 11.3 Å². The monoisotopic (exact) mass is 331 g/mol. The first-order chi connectivity index (χ1) is 11.5. The van der Waals surface area contributed by atoms with Crippen LogP contribution < -0.4 is 5.73 Å². The van der Waals surface area contributed by atoms with Gasteiger partial charge in [-0.25, -0.2) is 9.37 Å². The minimum atomic E-state index is -0.359. The first kappa shape index (κ1) is 16.2. The quantitative estimate of drug-likeness (QED) is 0.904. The lowest BCUT2D eigenvalue weighted by Gasteiger charge is -2.15. The Bertz CT molecular complexity index is 742. The number of carbonyl (C=O) groups excluding carboxylic acids is 2. The number of primary amides is 1. The topological polar surface area (TPSA) is 89.4 Å². The zero-order chi connectivity index (χ0) is 17.1. The summed E-state index contributed by atoms with van der Waals surface area (Å²) in [7, 11) is 0. The third kappa shape index (κ3) is 3.61. The molecule has 1 aromatic heterocycles. The first-order valence-electron chi connectivity index (χ1n) is 7.80. The van der Waals surface area contributed by atoms with Crippen LogP contribution in [0.1, 0.15) is 18.7 Å². The molecule has 0 saturated carbocycles. The van der Waals surface area contributed by atoms with Gasteiger partial charge in [-0.2, -0.15) is 0 Å². The van der Waals surface area contributed by atoms with Crippen molar-refractivity contribution < 1.29 is 18.4 Å². The molecule has 6 nitrogen and oxygen atoms in total. The predicted octanol–water partition coefficient (Wildman–Crippen LogP) is 1.75. The maximum Gasteiger partial charge on any atom is 0.223 e. The molecule has 1 atom stereocenters. The average molecular weight is 331 g/mol. The van der Waals surface area contributed by atoms with Crippen LogP contribution in [0.3, 0.4) is 0 Å². The number of rotatable bonds is 5. The molecule has 0 aliphatic carbocycles. The zero-order valence-electron chi connectivity index (χ0n) is 13.1. The molecule has 2 heterocycles. The lowest BCUT2D eigenvalue weighted by atomic mass is 10.1. The minimum Gasteiger partial charge on any atom is -0.441 e. The smallest absolute Gasteiger partial charge is 0.223 e. The van der Waals surface area contributed by atoms with Gasteiger partial charge in [-0.05, 0) is 30.7 Å². The second kappa shape index (κ2) is 6.82. The maximum absolute atomic E-state index is 12.9. The van der Waals surface area contributed by atoms with Gasteiger partial charge in [0, 0.05) is 31.5 Å². The van der Waals surface area contributed by atoms with Crippen LogP contribution in [0.4, 0.5) is 4.39 Å². The van der Waals surface area contributed by atoms with Crippen molar-refractivity contribution in [1.29, 1.82) is 0 Å². The van der Waals surface area contributed by atoms with Crippen molar-refractivity contribution >= 4 is 11.8 Å². The van der Waals surface area contributed by atoms with E-state index in [9.17, 15) is 14.0 Å². The van der Waals surface area contributed by atoms with Crippen LogP contribution in [-0.4, -0.2) is 34.8 Å². The summed E-state index contributed by atoms with van der Waals surface area (Å²) in [6.45, 7) is 0.944. The molecule has 0 spiro atoms. The number of amides is 2. The summed E-state index contributed by atoms with van der Waals surface area (Å²) in [6.07, 6.45) is 2.81. The zero-order valence-corrected chi connectivity index (χ0v) is 13.1. The van der Waals surface area contributed by atoms with Gasteiger partial charge >= 0.3 is 0 Å². The first-order valence-corrected chi connectivity index (χ1v) is 7.80. The van der Waals surface area contributed by atoms with E-state index in [0.717, 1.165) is 5.56 Å². The number of hydrogen-bond acceptors (Lipinski definition) is 4.